The molecular weight excluding hydrogens is 354 g/mol. The summed E-state index contributed by atoms with van der Waals surface area (Å²) < 4.78 is 3.14. The lowest BCUT2D eigenvalue weighted by Gasteiger charge is -2.10. The van der Waals surface area contributed by atoms with Crippen molar-refractivity contribution in [1.29, 1.82) is 0 Å². The van der Waals surface area contributed by atoms with Gasteiger partial charge in [-0.05, 0) is 17.9 Å². The molecule has 0 radical (unpaired) electrons. The maximum Gasteiger partial charge on any atom is 0.328 e. The molecule has 3 aromatic heterocycles. The number of nitrogens with zero attached hydrogens (tertiary/aromatic N) is 4. The van der Waals surface area contributed by atoms with E-state index in [1.54, 1.807) is 16.0 Å². The van der Waals surface area contributed by atoms with Crippen LogP contribution in [-0.2, 0) is 25.9 Å². The van der Waals surface area contributed by atoms with Gasteiger partial charge in [-0.3, -0.25) is 9.78 Å². The first-order valence-electron chi connectivity index (χ1n) is 8.48. The van der Waals surface area contributed by atoms with E-state index in [1.165, 1.54) is 21.7 Å². The minimum Gasteiger partial charge on any atom is -0.391 e. The van der Waals surface area contributed by atoms with Gasteiger partial charge < -0.3 is 9.67 Å². The van der Waals surface area contributed by atoms with Gasteiger partial charge in [-0.25, -0.2) is 14.5 Å². The van der Waals surface area contributed by atoms with Gasteiger partial charge in [-0.2, -0.15) is 5.10 Å². The molecule has 3 aromatic rings. The molecule has 3 heterocycles. The molecule has 1 atom stereocenters. The summed E-state index contributed by atoms with van der Waals surface area (Å²) in [5.74, 6) is 1.40. The highest BCUT2D eigenvalue weighted by molar-refractivity contribution is 7.09. The van der Waals surface area contributed by atoms with Crippen molar-refractivity contribution >= 4 is 11.3 Å². The molecule has 9 heteroatoms. The largest absolute Gasteiger partial charge is 0.391 e. The van der Waals surface area contributed by atoms with E-state index in [1.807, 2.05) is 24.4 Å². The first-order chi connectivity index (χ1) is 12.5. The Morgan fingerprint density at radius 2 is 2.19 bits per heavy atom. The van der Waals surface area contributed by atoms with Crippen LogP contribution >= 0.6 is 11.3 Å². The highest BCUT2D eigenvalue weighted by Crippen LogP contribution is 2.14. The van der Waals surface area contributed by atoms with Gasteiger partial charge >= 0.3 is 5.69 Å². The van der Waals surface area contributed by atoms with Gasteiger partial charge in [0.1, 0.15) is 5.82 Å². The summed E-state index contributed by atoms with van der Waals surface area (Å²) in [5.41, 5.74) is -0.866. The lowest BCUT2D eigenvalue weighted by molar-refractivity contribution is 0.143. The van der Waals surface area contributed by atoms with E-state index in [-0.39, 0.29) is 0 Å². The Bertz CT molecular complexity index is 957. The highest BCUT2D eigenvalue weighted by Gasteiger charge is 2.14. The molecule has 0 fully saturated rings. The summed E-state index contributed by atoms with van der Waals surface area (Å²) in [6.45, 7) is 2.65. The Balaban J connectivity index is 1.79. The van der Waals surface area contributed by atoms with E-state index in [0.29, 0.717) is 44.0 Å². The number of aliphatic hydroxyl groups is 1. The van der Waals surface area contributed by atoms with Gasteiger partial charge in [0.2, 0.25) is 0 Å². The molecule has 0 amide bonds. The predicted octanol–water partition coefficient (Wildman–Crippen LogP) is 0.794. The summed E-state index contributed by atoms with van der Waals surface area (Å²) in [4.78, 5) is 31.0. The molecule has 0 saturated carbocycles. The van der Waals surface area contributed by atoms with Crippen molar-refractivity contribution in [1.82, 2.24) is 24.3 Å². The molecule has 0 aliphatic rings. The van der Waals surface area contributed by atoms with Crippen LogP contribution in [0.3, 0.4) is 0 Å². The molecule has 3 rings (SSSR count). The third kappa shape index (κ3) is 4.55. The SMILES string of the molecule is CC[C@H](O)Cn1nc(Cc2cccs2)nc1CCn1ccc(=O)[nH]c1=O. The van der Waals surface area contributed by atoms with Crippen LogP contribution in [0.5, 0.6) is 0 Å². The zero-order chi connectivity index (χ0) is 18.5. The molecular formula is C17H21N5O3S. The average molecular weight is 375 g/mol. The van der Waals surface area contributed by atoms with Crippen molar-refractivity contribution in [2.75, 3.05) is 0 Å². The minimum atomic E-state index is -0.499. The Hall–Kier alpha value is -2.52. The molecule has 0 aromatic carbocycles. The van der Waals surface area contributed by atoms with Crippen LogP contribution in [0, 0.1) is 0 Å². The standard InChI is InChI=1S/C17H21N5O3S/c1-2-12(23)11-22-15(5-7-21-8-6-16(24)19-17(21)25)18-14(20-22)10-13-4-3-9-26-13/h3-4,6,8-9,12,23H,2,5,7,10-11H2,1H3,(H,19,24,25)/t12-/m0/s1. The van der Waals surface area contributed by atoms with Crippen molar-refractivity contribution in [2.24, 2.45) is 0 Å². The van der Waals surface area contributed by atoms with E-state index in [9.17, 15) is 14.7 Å². The maximum absolute atomic E-state index is 11.8. The number of aromatic nitrogens is 5. The molecule has 0 saturated heterocycles. The van der Waals surface area contributed by atoms with Crippen molar-refractivity contribution in [2.45, 2.75) is 45.4 Å². The van der Waals surface area contributed by atoms with Crippen LogP contribution in [0.2, 0.25) is 0 Å². The van der Waals surface area contributed by atoms with Crippen molar-refractivity contribution in [3.63, 3.8) is 0 Å². The topological polar surface area (TPSA) is 106 Å². The van der Waals surface area contributed by atoms with Gasteiger partial charge in [0.15, 0.2) is 5.82 Å². The van der Waals surface area contributed by atoms with Gasteiger partial charge in [-0.15, -0.1) is 11.3 Å². The lowest BCUT2D eigenvalue weighted by atomic mass is 10.3. The molecule has 138 valence electrons. The Morgan fingerprint density at radius 3 is 2.88 bits per heavy atom. The van der Waals surface area contributed by atoms with E-state index in [0.717, 1.165) is 0 Å². The lowest BCUT2D eigenvalue weighted by Crippen LogP contribution is -2.29. The minimum absolute atomic E-state index is 0.365. The summed E-state index contributed by atoms with van der Waals surface area (Å²) in [5, 5.41) is 16.5. The van der Waals surface area contributed by atoms with Crippen LogP contribution < -0.4 is 11.2 Å². The molecule has 0 unspecified atom stereocenters. The predicted molar refractivity (Wildman–Crippen MR) is 98.5 cm³/mol. The molecule has 8 nitrogen and oxygen atoms in total. The summed E-state index contributed by atoms with van der Waals surface area (Å²) in [7, 11) is 0. The number of hydrogen-bond donors (Lipinski definition) is 2. The molecule has 2 N–H and O–H groups in total. The number of hydrogen-bond acceptors (Lipinski definition) is 6. The van der Waals surface area contributed by atoms with Crippen molar-refractivity contribution < 1.29 is 5.11 Å². The average Bonchev–Trinajstić information content (AvgIpc) is 3.24. The Labute approximate surface area is 153 Å². The maximum atomic E-state index is 11.8. The molecule has 0 aliphatic heterocycles. The fraction of sp³-hybridized carbons (Fsp3) is 0.412. The van der Waals surface area contributed by atoms with Crippen LogP contribution in [-0.4, -0.2) is 35.5 Å². The molecule has 0 aliphatic carbocycles. The van der Waals surface area contributed by atoms with Gasteiger partial charge in [0.25, 0.3) is 5.56 Å². The number of rotatable bonds is 8. The number of aliphatic hydroxyl groups excluding tert-OH is 1. The van der Waals surface area contributed by atoms with Crippen LogP contribution in [0.25, 0.3) is 0 Å². The zero-order valence-electron chi connectivity index (χ0n) is 14.5. The zero-order valence-corrected chi connectivity index (χ0v) is 15.3. The van der Waals surface area contributed by atoms with Crippen LogP contribution in [0.4, 0.5) is 0 Å². The smallest absolute Gasteiger partial charge is 0.328 e. The third-order valence-electron chi connectivity index (χ3n) is 4.03. The monoisotopic (exact) mass is 375 g/mol. The quantitative estimate of drug-likeness (QED) is 0.606. The fourth-order valence-electron chi connectivity index (χ4n) is 2.57. The second-order valence-corrected chi connectivity index (χ2v) is 7.03. The van der Waals surface area contributed by atoms with Gasteiger partial charge in [0.05, 0.1) is 12.6 Å². The number of H-pyrrole nitrogens is 1. The van der Waals surface area contributed by atoms with E-state index >= 15 is 0 Å². The number of aryl methyl sites for hydroxylation is 2. The normalized spacial score (nSPS) is 12.4. The van der Waals surface area contributed by atoms with Gasteiger partial charge in [0, 0.05) is 36.5 Å². The van der Waals surface area contributed by atoms with Gasteiger partial charge in [-0.1, -0.05) is 13.0 Å². The Kier molecular flexibility index (Phi) is 5.79. The molecule has 0 bridgehead atoms. The van der Waals surface area contributed by atoms with E-state index in [2.05, 4.69) is 15.1 Å². The van der Waals surface area contributed by atoms with E-state index in [4.69, 9.17) is 0 Å². The van der Waals surface area contributed by atoms with Crippen molar-refractivity contribution in [3.8, 4) is 0 Å². The second-order valence-electron chi connectivity index (χ2n) is 6.00. The molecule has 0 spiro atoms. The Morgan fingerprint density at radius 1 is 1.35 bits per heavy atom. The van der Waals surface area contributed by atoms with Crippen molar-refractivity contribution in [3.05, 3.63) is 67.1 Å². The summed E-state index contributed by atoms with van der Waals surface area (Å²) in [6, 6.07) is 5.34. The summed E-state index contributed by atoms with van der Waals surface area (Å²) in [6.07, 6.45) is 2.70. The number of nitrogens with one attached hydrogen (secondary N) is 1. The van der Waals surface area contributed by atoms with Crippen LogP contribution in [0.15, 0.2) is 39.4 Å². The van der Waals surface area contributed by atoms with E-state index < -0.39 is 17.4 Å². The second kappa shape index (κ2) is 8.24. The number of thiophene rings is 1. The number of aromatic amines is 1. The van der Waals surface area contributed by atoms with Crippen LogP contribution in [0.1, 0.15) is 29.9 Å². The first kappa shape index (κ1) is 18.3. The summed E-state index contributed by atoms with van der Waals surface area (Å²) >= 11 is 1.65. The fourth-order valence-corrected chi connectivity index (χ4v) is 3.27. The first-order valence-corrected chi connectivity index (χ1v) is 9.36. The highest BCUT2D eigenvalue weighted by atomic mass is 32.1. The third-order valence-corrected chi connectivity index (χ3v) is 4.91. The molecule has 26 heavy (non-hydrogen) atoms.